The molecule has 4 nitrogen and oxygen atoms in total. The average Bonchev–Trinajstić information content (AvgIpc) is 2.25. The Morgan fingerprint density at radius 1 is 1.37 bits per heavy atom. The van der Waals surface area contributed by atoms with Crippen molar-refractivity contribution < 1.29 is 52.5 Å². The van der Waals surface area contributed by atoms with Crippen molar-refractivity contribution in [3.05, 3.63) is 28.3 Å². The second-order valence-electron chi connectivity index (χ2n) is 4.96. The van der Waals surface area contributed by atoms with Crippen molar-refractivity contribution in [2.24, 2.45) is 0 Å². The number of aromatic hydroxyl groups is 1. The number of hydrogen-bond acceptors (Lipinski definition) is 3. The Kier molecular flexibility index (Phi) is 4.48. The first-order chi connectivity index (χ1) is 8.24. The zero-order valence-corrected chi connectivity index (χ0v) is 14.2. The number of aryl methyl sites for hydroxylation is 1. The fourth-order valence-electron chi connectivity index (χ4n) is 1.89. The molecule has 0 saturated carbocycles. The van der Waals surface area contributed by atoms with Crippen LogP contribution in [-0.2, 0) is 32.7 Å². The van der Waals surface area contributed by atoms with E-state index in [1.165, 1.54) is 0 Å². The van der Waals surface area contributed by atoms with E-state index >= 15 is 0 Å². The van der Waals surface area contributed by atoms with Gasteiger partial charge in [-0.1, -0.05) is 18.6 Å². The number of carbonyl (C=O) groups is 1. The molecule has 19 heavy (non-hydrogen) atoms. The molecular formula is C14H15O4Y-. The van der Waals surface area contributed by atoms with Crippen LogP contribution in [0.2, 0.25) is 0 Å². The molecule has 1 radical (unpaired) electrons. The van der Waals surface area contributed by atoms with Gasteiger partial charge in [0.05, 0.1) is 5.75 Å². The van der Waals surface area contributed by atoms with Crippen LogP contribution in [0.25, 0.3) is 6.08 Å². The van der Waals surface area contributed by atoms with Gasteiger partial charge in [0.2, 0.25) is 0 Å². The molecule has 1 aromatic rings. The molecule has 1 aromatic carbocycles. The minimum absolute atomic E-state index is 0. The molecule has 0 amide bonds. The maximum Gasteiger partial charge on any atom is 0.251 e. The zero-order valence-electron chi connectivity index (χ0n) is 11.4. The first-order valence-corrected chi connectivity index (χ1v) is 5.64. The van der Waals surface area contributed by atoms with E-state index in [4.69, 9.17) is 9.84 Å². The van der Waals surface area contributed by atoms with Gasteiger partial charge in [0.1, 0.15) is 5.60 Å². The molecule has 1 aliphatic heterocycles. The van der Waals surface area contributed by atoms with Gasteiger partial charge < -0.3 is 19.7 Å². The van der Waals surface area contributed by atoms with Gasteiger partial charge in [-0.2, -0.15) is 0 Å². The summed E-state index contributed by atoms with van der Waals surface area (Å²) in [6, 6.07) is 2.65. The first-order valence-electron chi connectivity index (χ1n) is 5.64. The van der Waals surface area contributed by atoms with Crippen LogP contribution >= 0.6 is 0 Å². The molecule has 0 fully saturated rings. The Morgan fingerprint density at radius 3 is 2.47 bits per heavy atom. The minimum atomic E-state index is -1.20. The molecular weight excluding hydrogens is 321 g/mol. The molecule has 1 heterocycles. The average molecular weight is 336 g/mol. The second-order valence-corrected chi connectivity index (χ2v) is 4.96. The third kappa shape index (κ3) is 2.70. The van der Waals surface area contributed by atoms with Gasteiger partial charge in [-0.25, -0.2) is 0 Å². The van der Waals surface area contributed by atoms with Gasteiger partial charge in [-0.15, -0.1) is 6.07 Å². The molecule has 0 aliphatic carbocycles. The van der Waals surface area contributed by atoms with E-state index in [0.717, 1.165) is 5.57 Å². The predicted molar refractivity (Wildman–Crippen MR) is 67.0 cm³/mol. The number of carboxylic acid groups (broad SMARTS) is 1. The van der Waals surface area contributed by atoms with Crippen molar-refractivity contribution in [2.45, 2.75) is 33.3 Å². The van der Waals surface area contributed by atoms with E-state index in [0.29, 0.717) is 16.9 Å². The van der Waals surface area contributed by atoms with E-state index in [2.05, 4.69) is 6.07 Å². The molecule has 0 unspecified atom stereocenters. The van der Waals surface area contributed by atoms with E-state index in [1.54, 1.807) is 13.0 Å². The van der Waals surface area contributed by atoms with Crippen LogP contribution in [0, 0.1) is 13.0 Å². The van der Waals surface area contributed by atoms with Gasteiger partial charge >= 0.3 is 0 Å². The largest absolute Gasteiger partial charge is 0.551 e. The Bertz CT molecular complexity index is 573. The maximum atomic E-state index is 11.0. The van der Waals surface area contributed by atoms with Crippen LogP contribution in [0.3, 0.4) is 0 Å². The molecule has 1 aliphatic rings. The summed E-state index contributed by atoms with van der Waals surface area (Å²) in [5, 5.41) is 19.0. The molecule has 0 atom stereocenters. The number of aromatic carboxylic acids is 1. The number of rotatable bonds is 1. The topological polar surface area (TPSA) is 66.8 Å². The number of benzene rings is 1. The molecule has 0 bridgehead atoms. The molecule has 5 heteroatoms. The summed E-state index contributed by atoms with van der Waals surface area (Å²) in [7, 11) is 0. The van der Waals surface area contributed by atoms with Crippen LogP contribution < -0.4 is 4.74 Å². The second kappa shape index (κ2) is 5.25. The number of hydrogen-bond donors (Lipinski definition) is 2. The summed E-state index contributed by atoms with van der Waals surface area (Å²) in [6.45, 7) is 7.44. The van der Waals surface area contributed by atoms with Gasteiger partial charge in [-0.3, -0.25) is 0 Å². The first kappa shape index (κ1) is 16.2. The number of ether oxygens (including phenoxy) is 1. The van der Waals surface area contributed by atoms with Crippen LogP contribution in [0.5, 0.6) is 11.5 Å². The standard InChI is InChI=1S/C14H15O4.Y/c1-7-5-10(13(16)17)11(15)9-6-8(2)14(3,4)18-12(7)9;/h6,15H,1-4H3,(H,16,17);/q-1;. The Labute approximate surface area is 137 Å². The minimum Gasteiger partial charge on any atom is -0.551 e. The van der Waals surface area contributed by atoms with E-state index in [-0.39, 0.29) is 44.0 Å². The SMILES string of the molecule is CC1=Cc2c(O)c(C(=O)O)[c-]c(C)c2OC1(C)C.[Y]. The smallest absolute Gasteiger partial charge is 0.251 e. The number of phenols is 1. The van der Waals surface area contributed by atoms with Crippen molar-refractivity contribution in [1.29, 1.82) is 0 Å². The molecule has 0 saturated heterocycles. The van der Waals surface area contributed by atoms with E-state index in [1.807, 2.05) is 20.8 Å². The normalized spacial score (nSPS) is 15.7. The fourth-order valence-corrected chi connectivity index (χ4v) is 1.89. The van der Waals surface area contributed by atoms with Crippen LogP contribution in [0.1, 0.15) is 42.3 Å². The van der Waals surface area contributed by atoms with Gasteiger partial charge in [0, 0.05) is 38.5 Å². The summed E-state index contributed by atoms with van der Waals surface area (Å²) in [5.74, 6) is -1.000. The summed E-state index contributed by atoms with van der Waals surface area (Å²) in [6.07, 6.45) is 1.77. The Hall–Kier alpha value is -0.866. The van der Waals surface area contributed by atoms with Crippen molar-refractivity contribution in [3.63, 3.8) is 0 Å². The van der Waals surface area contributed by atoms with Gasteiger partial charge in [0.25, 0.3) is 5.97 Å². The maximum absolute atomic E-state index is 11.0. The van der Waals surface area contributed by atoms with Crippen molar-refractivity contribution in [1.82, 2.24) is 0 Å². The van der Waals surface area contributed by atoms with Crippen molar-refractivity contribution in [3.8, 4) is 11.5 Å². The molecule has 0 spiro atoms. The third-order valence-electron chi connectivity index (χ3n) is 3.27. The van der Waals surface area contributed by atoms with Crippen LogP contribution in [-0.4, -0.2) is 21.8 Å². The molecule has 2 N–H and O–H groups in total. The van der Waals surface area contributed by atoms with E-state index < -0.39 is 11.6 Å². The van der Waals surface area contributed by atoms with Gasteiger partial charge in [0.15, 0.2) is 0 Å². The summed E-state index contributed by atoms with van der Waals surface area (Å²) in [5.41, 5.74) is 1.23. The fraction of sp³-hybridized carbons (Fsp3) is 0.357. The molecule has 0 aromatic heterocycles. The molecule has 99 valence electrons. The summed E-state index contributed by atoms with van der Waals surface area (Å²) in [4.78, 5) is 11.0. The Morgan fingerprint density at radius 2 is 1.95 bits per heavy atom. The van der Waals surface area contributed by atoms with Crippen molar-refractivity contribution in [2.75, 3.05) is 0 Å². The molecule has 2 rings (SSSR count). The van der Waals surface area contributed by atoms with Crippen molar-refractivity contribution >= 4 is 12.0 Å². The third-order valence-corrected chi connectivity index (χ3v) is 3.27. The number of carboxylic acids is 1. The summed E-state index contributed by atoms with van der Waals surface area (Å²) < 4.78 is 5.83. The van der Waals surface area contributed by atoms with Crippen LogP contribution in [0.15, 0.2) is 5.57 Å². The predicted octanol–water partition coefficient (Wildman–Crippen LogP) is 2.77. The zero-order chi connectivity index (χ0) is 13.7. The van der Waals surface area contributed by atoms with Gasteiger partial charge in [-0.05, 0) is 37.5 Å². The Balaban J connectivity index is 0.00000180. The van der Waals surface area contributed by atoms with Crippen LogP contribution in [0.4, 0.5) is 0 Å². The number of fused-ring (bicyclic) bond motifs is 1. The quantitative estimate of drug-likeness (QED) is 0.774. The van der Waals surface area contributed by atoms with E-state index in [9.17, 15) is 9.90 Å². The summed E-state index contributed by atoms with van der Waals surface area (Å²) >= 11 is 0. The monoisotopic (exact) mass is 336 g/mol.